The Morgan fingerprint density at radius 1 is 0.968 bits per heavy atom. The van der Waals surface area contributed by atoms with Gasteiger partial charge < -0.3 is 14.8 Å². The lowest BCUT2D eigenvalue weighted by Gasteiger charge is -2.17. The van der Waals surface area contributed by atoms with Gasteiger partial charge in [-0.2, -0.15) is 0 Å². The fourth-order valence-corrected chi connectivity index (χ4v) is 3.39. The van der Waals surface area contributed by atoms with E-state index in [1.165, 1.54) is 12.1 Å². The van der Waals surface area contributed by atoms with Crippen molar-refractivity contribution >= 4 is 5.91 Å². The minimum Gasteiger partial charge on any atom is -0.496 e. The summed E-state index contributed by atoms with van der Waals surface area (Å²) in [5, 5.41) is 2.95. The fourth-order valence-electron chi connectivity index (χ4n) is 3.39. The summed E-state index contributed by atoms with van der Waals surface area (Å²) >= 11 is 0. The van der Waals surface area contributed by atoms with Gasteiger partial charge in [0.25, 0.3) is 5.91 Å². The first-order valence-corrected chi connectivity index (χ1v) is 10.3. The summed E-state index contributed by atoms with van der Waals surface area (Å²) < 4.78 is 24.7. The Bertz CT molecular complexity index is 1030. The molecular weight excluding hydrogens is 393 g/mol. The molecule has 3 aromatic rings. The van der Waals surface area contributed by atoms with Gasteiger partial charge in [0.05, 0.1) is 13.2 Å². The van der Waals surface area contributed by atoms with E-state index in [-0.39, 0.29) is 24.4 Å². The molecule has 0 bridgehead atoms. The van der Waals surface area contributed by atoms with Gasteiger partial charge in [-0.15, -0.1) is 0 Å². The summed E-state index contributed by atoms with van der Waals surface area (Å²) in [6.07, 6.45) is 0. The SMILES string of the molecule is COc1ccc(C(=O)N[C@@H](C)c2ccc(F)cc2)cc1COc1ccccc1C(C)C. The smallest absolute Gasteiger partial charge is 0.251 e. The van der Waals surface area contributed by atoms with Crippen LogP contribution in [-0.4, -0.2) is 13.0 Å². The lowest BCUT2D eigenvalue weighted by molar-refractivity contribution is 0.0939. The molecule has 0 fully saturated rings. The molecule has 3 aromatic carbocycles. The molecule has 162 valence electrons. The van der Waals surface area contributed by atoms with Crippen LogP contribution in [0.3, 0.4) is 0 Å². The van der Waals surface area contributed by atoms with Crippen molar-refractivity contribution in [2.45, 2.75) is 39.3 Å². The van der Waals surface area contributed by atoms with Crippen LogP contribution in [-0.2, 0) is 6.61 Å². The van der Waals surface area contributed by atoms with Gasteiger partial charge in [-0.25, -0.2) is 4.39 Å². The van der Waals surface area contributed by atoms with Gasteiger partial charge in [-0.1, -0.05) is 44.2 Å². The third kappa shape index (κ3) is 5.63. The molecule has 0 unspecified atom stereocenters. The molecule has 0 aliphatic carbocycles. The zero-order valence-electron chi connectivity index (χ0n) is 18.3. The molecule has 0 aromatic heterocycles. The predicted octanol–water partition coefficient (Wildman–Crippen LogP) is 6.03. The molecule has 0 aliphatic heterocycles. The van der Waals surface area contributed by atoms with Crippen LogP contribution in [0.2, 0.25) is 0 Å². The molecule has 1 N–H and O–H groups in total. The van der Waals surface area contributed by atoms with E-state index in [9.17, 15) is 9.18 Å². The van der Waals surface area contributed by atoms with Crippen LogP contribution in [0.5, 0.6) is 11.5 Å². The highest BCUT2D eigenvalue weighted by molar-refractivity contribution is 5.94. The second-order valence-corrected chi connectivity index (χ2v) is 7.75. The number of nitrogens with one attached hydrogen (secondary N) is 1. The van der Waals surface area contributed by atoms with Gasteiger partial charge in [0.15, 0.2) is 0 Å². The van der Waals surface area contributed by atoms with Crippen LogP contribution >= 0.6 is 0 Å². The lowest BCUT2D eigenvalue weighted by atomic mass is 10.0. The molecule has 31 heavy (non-hydrogen) atoms. The van der Waals surface area contributed by atoms with Crippen molar-refractivity contribution in [1.29, 1.82) is 0 Å². The summed E-state index contributed by atoms with van der Waals surface area (Å²) in [7, 11) is 1.59. The summed E-state index contributed by atoms with van der Waals surface area (Å²) in [5.74, 6) is 1.29. The van der Waals surface area contributed by atoms with Gasteiger partial charge >= 0.3 is 0 Å². The molecule has 0 spiro atoms. The highest BCUT2D eigenvalue weighted by Gasteiger charge is 2.15. The van der Waals surface area contributed by atoms with Gasteiger partial charge in [0.2, 0.25) is 0 Å². The maximum atomic E-state index is 13.1. The Hall–Kier alpha value is -3.34. The molecule has 5 heteroatoms. The van der Waals surface area contributed by atoms with Crippen LogP contribution in [0, 0.1) is 5.82 Å². The monoisotopic (exact) mass is 421 g/mol. The number of benzene rings is 3. The number of hydrogen-bond acceptors (Lipinski definition) is 3. The van der Waals surface area contributed by atoms with E-state index in [0.29, 0.717) is 17.2 Å². The van der Waals surface area contributed by atoms with Crippen molar-refractivity contribution in [3.8, 4) is 11.5 Å². The number of carbonyl (C=O) groups excluding carboxylic acids is 1. The maximum Gasteiger partial charge on any atom is 0.251 e. The van der Waals surface area contributed by atoms with Crippen molar-refractivity contribution in [2.75, 3.05) is 7.11 Å². The Kier molecular flexibility index (Phi) is 7.29. The second kappa shape index (κ2) is 10.1. The average molecular weight is 422 g/mol. The molecule has 0 saturated carbocycles. The molecule has 1 atom stereocenters. The first-order valence-electron chi connectivity index (χ1n) is 10.3. The molecule has 0 radical (unpaired) electrons. The van der Waals surface area contributed by atoms with Crippen molar-refractivity contribution in [3.63, 3.8) is 0 Å². The summed E-state index contributed by atoms with van der Waals surface area (Å²) in [6, 6.07) is 19.1. The molecule has 0 heterocycles. The average Bonchev–Trinajstić information content (AvgIpc) is 2.77. The molecule has 3 rings (SSSR count). The van der Waals surface area contributed by atoms with Crippen molar-refractivity contribution < 1.29 is 18.7 Å². The van der Waals surface area contributed by atoms with E-state index in [0.717, 1.165) is 22.4 Å². The third-order valence-electron chi connectivity index (χ3n) is 5.18. The van der Waals surface area contributed by atoms with Crippen molar-refractivity contribution in [3.05, 3.63) is 94.8 Å². The minimum atomic E-state index is -0.305. The standard InChI is InChI=1S/C26H28FNO3/c1-17(2)23-7-5-6-8-25(23)31-16-21-15-20(11-14-24(21)30-4)26(29)28-18(3)19-9-12-22(27)13-10-19/h5-15,17-18H,16H2,1-4H3,(H,28,29)/t18-/m0/s1. The third-order valence-corrected chi connectivity index (χ3v) is 5.18. The van der Waals surface area contributed by atoms with E-state index in [4.69, 9.17) is 9.47 Å². The first-order chi connectivity index (χ1) is 14.9. The van der Waals surface area contributed by atoms with E-state index in [1.54, 1.807) is 37.4 Å². The number of rotatable bonds is 8. The predicted molar refractivity (Wildman–Crippen MR) is 120 cm³/mol. The Balaban J connectivity index is 1.75. The maximum absolute atomic E-state index is 13.1. The Morgan fingerprint density at radius 3 is 2.35 bits per heavy atom. The minimum absolute atomic E-state index is 0.219. The first kappa shape index (κ1) is 22.3. The van der Waals surface area contributed by atoms with E-state index < -0.39 is 0 Å². The number of ether oxygens (including phenoxy) is 2. The Labute approximate surface area is 183 Å². The number of para-hydroxylation sites is 1. The normalized spacial score (nSPS) is 11.8. The van der Waals surface area contributed by atoms with E-state index in [1.807, 2.05) is 25.1 Å². The summed E-state index contributed by atoms with van der Waals surface area (Å²) in [4.78, 5) is 12.8. The van der Waals surface area contributed by atoms with Crippen molar-refractivity contribution in [1.82, 2.24) is 5.32 Å². The zero-order valence-corrected chi connectivity index (χ0v) is 18.3. The number of methoxy groups -OCH3 is 1. The van der Waals surface area contributed by atoms with Crippen LogP contribution in [0.25, 0.3) is 0 Å². The van der Waals surface area contributed by atoms with Gasteiger partial charge in [-0.3, -0.25) is 4.79 Å². The highest BCUT2D eigenvalue weighted by atomic mass is 19.1. The van der Waals surface area contributed by atoms with Gasteiger partial charge in [0, 0.05) is 11.1 Å². The van der Waals surface area contributed by atoms with Gasteiger partial charge in [-0.05, 0) is 60.4 Å². The van der Waals surface area contributed by atoms with E-state index >= 15 is 0 Å². The van der Waals surface area contributed by atoms with Crippen molar-refractivity contribution in [2.24, 2.45) is 0 Å². The van der Waals surface area contributed by atoms with Gasteiger partial charge in [0.1, 0.15) is 23.9 Å². The zero-order chi connectivity index (χ0) is 22.4. The fraction of sp³-hybridized carbons (Fsp3) is 0.269. The highest BCUT2D eigenvalue weighted by Crippen LogP contribution is 2.28. The topological polar surface area (TPSA) is 47.6 Å². The largest absolute Gasteiger partial charge is 0.496 e. The van der Waals surface area contributed by atoms with Crippen LogP contribution in [0.1, 0.15) is 59.8 Å². The molecule has 4 nitrogen and oxygen atoms in total. The second-order valence-electron chi connectivity index (χ2n) is 7.75. The summed E-state index contributed by atoms with van der Waals surface area (Å²) in [5.41, 5.74) is 3.24. The molecular formula is C26H28FNO3. The summed E-state index contributed by atoms with van der Waals surface area (Å²) in [6.45, 7) is 6.38. The van der Waals surface area contributed by atoms with Crippen LogP contribution in [0.4, 0.5) is 4.39 Å². The number of amides is 1. The van der Waals surface area contributed by atoms with Crippen LogP contribution in [0.15, 0.2) is 66.7 Å². The molecule has 1 amide bonds. The van der Waals surface area contributed by atoms with E-state index in [2.05, 4.69) is 25.2 Å². The molecule has 0 aliphatic rings. The van der Waals surface area contributed by atoms with Crippen LogP contribution < -0.4 is 14.8 Å². The quantitative estimate of drug-likeness (QED) is 0.483. The lowest BCUT2D eigenvalue weighted by Crippen LogP contribution is -2.26. The number of carbonyl (C=O) groups is 1. The Morgan fingerprint density at radius 2 is 1.68 bits per heavy atom. The number of hydrogen-bond donors (Lipinski definition) is 1. The number of halogens is 1. The molecule has 0 saturated heterocycles.